The summed E-state index contributed by atoms with van der Waals surface area (Å²) in [5.41, 5.74) is 0.470. The number of nitrogens with zero attached hydrogens (tertiary/aromatic N) is 3. The molecule has 0 radical (unpaired) electrons. The molecule has 0 bridgehead atoms. The van der Waals surface area contributed by atoms with Crippen LogP contribution in [0, 0.1) is 0 Å². The van der Waals surface area contributed by atoms with Crippen LogP contribution in [-0.4, -0.2) is 27.9 Å². The maximum atomic E-state index is 11.2. The van der Waals surface area contributed by atoms with Crippen molar-refractivity contribution in [2.75, 3.05) is 7.05 Å². The van der Waals surface area contributed by atoms with Crippen LogP contribution in [0.15, 0.2) is 6.33 Å². The molecule has 0 aliphatic heterocycles. The van der Waals surface area contributed by atoms with E-state index in [1.807, 2.05) is 0 Å². The molecule has 1 N–H and O–H groups in total. The zero-order valence-electron chi connectivity index (χ0n) is 7.11. The van der Waals surface area contributed by atoms with Crippen molar-refractivity contribution in [1.29, 1.82) is 0 Å². The monoisotopic (exact) mass is 228 g/mol. The molecule has 72 valence electrons. The minimum Gasteiger partial charge on any atom is -0.353 e. The van der Waals surface area contributed by atoms with Crippen molar-refractivity contribution in [1.82, 2.24) is 20.3 Å². The summed E-state index contributed by atoms with van der Waals surface area (Å²) in [6.07, 6.45) is 1.34. The summed E-state index contributed by atoms with van der Waals surface area (Å²) in [6.45, 7) is 0. The van der Waals surface area contributed by atoms with Crippen molar-refractivity contribution in [3.63, 3.8) is 0 Å². The summed E-state index contributed by atoms with van der Waals surface area (Å²) in [6, 6.07) is 0. The molecular formula is C7H5ClN4OS. The molecule has 0 saturated carbocycles. The number of rotatable bonds is 1. The van der Waals surface area contributed by atoms with Crippen LogP contribution in [0.1, 0.15) is 9.80 Å². The normalized spacial score (nSPS) is 10.4. The molecular weight excluding hydrogens is 224 g/mol. The smallest absolute Gasteiger partial charge is 0.280 e. The van der Waals surface area contributed by atoms with Crippen LogP contribution in [0.5, 0.6) is 0 Å². The second kappa shape index (κ2) is 3.47. The Morgan fingerprint density at radius 1 is 1.57 bits per heavy atom. The Kier molecular flexibility index (Phi) is 2.30. The van der Waals surface area contributed by atoms with Gasteiger partial charge in [0.1, 0.15) is 16.7 Å². The van der Waals surface area contributed by atoms with Gasteiger partial charge in [0.15, 0.2) is 10.2 Å². The average molecular weight is 229 g/mol. The van der Waals surface area contributed by atoms with Crippen molar-refractivity contribution >= 4 is 39.2 Å². The number of thiazole rings is 1. The Labute approximate surface area is 88.2 Å². The van der Waals surface area contributed by atoms with Gasteiger partial charge < -0.3 is 5.32 Å². The molecule has 2 aromatic rings. The summed E-state index contributed by atoms with van der Waals surface area (Å²) in [5, 5.41) is 3.08. The largest absolute Gasteiger partial charge is 0.353 e. The minimum absolute atomic E-state index is 0.246. The quantitative estimate of drug-likeness (QED) is 0.743. The fourth-order valence-corrected chi connectivity index (χ4v) is 2.02. The highest BCUT2D eigenvalue weighted by Gasteiger charge is 2.13. The van der Waals surface area contributed by atoms with E-state index in [4.69, 9.17) is 11.6 Å². The van der Waals surface area contributed by atoms with Gasteiger partial charge in [0.25, 0.3) is 5.91 Å². The molecule has 0 spiro atoms. The third-order valence-electron chi connectivity index (χ3n) is 1.57. The van der Waals surface area contributed by atoms with Crippen LogP contribution < -0.4 is 5.32 Å². The molecule has 2 rings (SSSR count). The summed E-state index contributed by atoms with van der Waals surface area (Å²) in [4.78, 5) is 23.6. The van der Waals surface area contributed by atoms with Crippen LogP contribution in [-0.2, 0) is 0 Å². The van der Waals surface area contributed by atoms with Crippen LogP contribution >= 0.6 is 22.9 Å². The first-order valence-corrected chi connectivity index (χ1v) is 4.91. The second-order valence-electron chi connectivity index (χ2n) is 2.42. The highest BCUT2D eigenvalue weighted by molar-refractivity contribution is 7.19. The first-order chi connectivity index (χ1) is 6.72. The van der Waals surface area contributed by atoms with Crippen molar-refractivity contribution in [2.45, 2.75) is 0 Å². The van der Waals surface area contributed by atoms with Gasteiger partial charge in [-0.25, -0.2) is 15.0 Å². The lowest BCUT2D eigenvalue weighted by Gasteiger charge is -1.89. The van der Waals surface area contributed by atoms with E-state index in [2.05, 4.69) is 20.3 Å². The Hall–Kier alpha value is -1.27. The van der Waals surface area contributed by atoms with Crippen molar-refractivity contribution < 1.29 is 4.79 Å². The van der Waals surface area contributed by atoms with Crippen molar-refractivity contribution in [2.24, 2.45) is 0 Å². The molecule has 0 atom stereocenters. The molecule has 2 aromatic heterocycles. The third kappa shape index (κ3) is 1.42. The number of carbonyl (C=O) groups excluding carboxylic acids is 1. The van der Waals surface area contributed by atoms with E-state index in [-0.39, 0.29) is 11.1 Å². The van der Waals surface area contributed by atoms with Crippen molar-refractivity contribution in [3.05, 3.63) is 16.5 Å². The van der Waals surface area contributed by atoms with Gasteiger partial charge in [-0.2, -0.15) is 0 Å². The number of halogens is 1. The van der Waals surface area contributed by atoms with Crippen LogP contribution in [0.3, 0.4) is 0 Å². The number of aromatic nitrogens is 3. The van der Waals surface area contributed by atoms with Crippen molar-refractivity contribution in [3.8, 4) is 0 Å². The molecule has 5 nitrogen and oxygen atoms in total. The minimum atomic E-state index is -0.246. The van der Waals surface area contributed by atoms with Gasteiger partial charge in [-0.3, -0.25) is 4.79 Å². The number of nitrogens with one attached hydrogen (secondary N) is 1. The number of hydrogen-bond donors (Lipinski definition) is 1. The fraction of sp³-hybridized carbons (Fsp3) is 0.143. The molecule has 0 fully saturated rings. The molecule has 0 unspecified atom stereocenters. The van der Waals surface area contributed by atoms with E-state index < -0.39 is 0 Å². The summed E-state index contributed by atoms with van der Waals surface area (Å²) >= 11 is 6.97. The highest BCUT2D eigenvalue weighted by Crippen LogP contribution is 2.23. The Bertz CT molecular complexity index is 497. The van der Waals surface area contributed by atoms with E-state index in [9.17, 15) is 4.79 Å². The highest BCUT2D eigenvalue weighted by atomic mass is 35.5. The van der Waals surface area contributed by atoms with E-state index in [0.717, 1.165) is 0 Å². The van der Waals surface area contributed by atoms with Gasteiger partial charge in [-0.15, -0.1) is 0 Å². The number of hydrogen-bond acceptors (Lipinski definition) is 5. The molecule has 14 heavy (non-hydrogen) atoms. The first-order valence-electron chi connectivity index (χ1n) is 3.71. The number of fused-ring (bicyclic) bond motifs is 1. The van der Waals surface area contributed by atoms with Gasteiger partial charge in [-0.1, -0.05) is 22.9 Å². The van der Waals surface area contributed by atoms with E-state index in [0.29, 0.717) is 15.4 Å². The van der Waals surface area contributed by atoms with Crippen LogP contribution in [0.2, 0.25) is 5.15 Å². The molecule has 0 aromatic carbocycles. The lowest BCUT2D eigenvalue weighted by atomic mass is 10.6. The van der Waals surface area contributed by atoms with Gasteiger partial charge in [0.2, 0.25) is 0 Å². The summed E-state index contributed by atoms with van der Waals surface area (Å²) in [7, 11) is 1.54. The lowest BCUT2D eigenvalue weighted by molar-refractivity contribution is 0.0963. The standard InChI is InChI=1S/C7H5ClN4OS/c1-9-5(13)7-12-3-4(8)10-2-11-6(3)14-7/h2H,1H3,(H,9,13). The lowest BCUT2D eigenvalue weighted by Crippen LogP contribution is -2.17. The predicted molar refractivity (Wildman–Crippen MR) is 53.6 cm³/mol. The fourth-order valence-electron chi connectivity index (χ4n) is 0.931. The van der Waals surface area contributed by atoms with Gasteiger partial charge >= 0.3 is 0 Å². The van der Waals surface area contributed by atoms with Gasteiger partial charge in [0.05, 0.1) is 0 Å². The van der Waals surface area contributed by atoms with Gasteiger partial charge in [-0.05, 0) is 0 Å². The predicted octanol–water partition coefficient (Wildman–Crippen LogP) is 1.10. The van der Waals surface area contributed by atoms with E-state index in [1.165, 1.54) is 17.7 Å². The Morgan fingerprint density at radius 3 is 3.00 bits per heavy atom. The summed E-state index contributed by atoms with van der Waals surface area (Å²) in [5.74, 6) is -0.246. The Balaban J connectivity index is 2.62. The maximum absolute atomic E-state index is 11.2. The first kappa shape index (κ1) is 9.29. The number of carbonyl (C=O) groups is 1. The van der Waals surface area contributed by atoms with E-state index >= 15 is 0 Å². The topological polar surface area (TPSA) is 67.8 Å². The van der Waals surface area contributed by atoms with Gasteiger partial charge in [0, 0.05) is 7.05 Å². The zero-order valence-corrected chi connectivity index (χ0v) is 8.69. The zero-order chi connectivity index (χ0) is 10.1. The summed E-state index contributed by atoms with van der Waals surface area (Å²) < 4.78 is 0. The van der Waals surface area contributed by atoms with Crippen LogP contribution in [0.4, 0.5) is 0 Å². The SMILES string of the molecule is CNC(=O)c1nc2c(Cl)ncnc2s1. The third-order valence-corrected chi connectivity index (χ3v) is 2.81. The molecule has 7 heteroatoms. The molecule has 0 saturated heterocycles. The molecule has 1 amide bonds. The Morgan fingerprint density at radius 2 is 2.36 bits per heavy atom. The van der Waals surface area contributed by atoms with Crippen LogP contribution in [0.25, 0.3) is 10.3 Å². The second-order valence-corrected chi connectivity index (χ2v) is 3.75. The molecule has 0 aliphatic rings. The number of amides is 1. The van der Waals surface area contributed by atoms with E-state index in [1.54, 1.807) is 7.05 Å². The molecule has 2 heterocycles. The maximum Gasteiger partial charge on any atom is 0.280 e. The molecule has 0 aliphatic carbocycles. The average Bonchev–Trinajstić information content (AvgIpc) is 2.62.